The molecule has 0 aromatic rings. The molecule has 0 radical (unpaired) electrons. The average molecular weight is 124 g/mol. The highest BCUT2D eigenvalue weighted by molar-refractivity contribution is 5.25. The van der Waals surface area contributed by atoms with Gasteiger partial charge in [0.15, 0.2) is 0 Å². The molecule has 0 aliphatic heterocycles. The third kappa shape index (κ3) is 0.461. The van der Waals surface area contributed by atoms with E-state index in [0.29, 0.717) is 0 Å². The van der Waals surface area contributed by atoms with Gasteiger partial charge in [0.1, 0.15) is 0 Å². The Balaban J connectivity index is 2.00. The molecule has 2 aliphatic carbocycles. The van der Waals surface area contributed by atoms with Crippen LogP contribution in [0.25, 0.3) is 0 Å². The molecule has 9 heavy (non-hydrogen) atoms. The summed E-state index contributed by atoms with van der Waals surface area (Å²) < 4.78 is 0. The van der Waals surface area contributed by atoms with Crippen LogP contribution in [0.15, 0.2) is 0 Å². The van der Waals surface area contributed by atoms with Crippen molar-refractivity contribution < 1.29 is 0 Å². The lowest BCUT2D eigenvalue weighted by Gasteiger charge is -2.13. The van der Waals surface area contributed by atoms with E-state index in [0.717, 1.165) is 23.2 Å². The first-order valence-corrected chi connectivity index (χ1v) is 4.23. The molecule has 2 fully saturated rings. The van der Waals surface area contributed by atoms with E-state index in [2.05, 4.69) is 20.8 Å². The summed E-state index contributed by atoms with van der Waals surface area (Å²) in [5, 5.41) is 0. The van der Waals surface area contributed by atoms with Gasteiger partial charge in [-0.2, -0.15) is 0 Å². The first kappa shape index (κ1) is 5.76. The molecular formula is C9H16. The number of fused-ring (bicyclic) bond motifs is 1. The van der Waals surface area contributed by atoms with E-state index in [1.165, 1.54) is 6.42 Å². The normalized spacial score (nSPS) is 56.3. The number of rotatable bonds is 2. The van der Waals surface area contributed by atoms with Gasteiger partial charge >= 0.3 is 0 Å². The number of hydrogen-bond acceptors (Lipinski definition) is 0. The molecule has 0 aromatic carbocycles. The van der Waals surface area contributed by atoms with Gasteiger partial charge in [-0.25, -0.2) is 0 Å². The van der Waals surface area contributed by atoms with Crippen molar-refractivity contribution in [3.05, 3.63) is 0 Å². The van der Waals surface area contributed by atoms with Gasteiger partial charge in [-0.3, -0.25) is 0 Å². The zero-order chi connectivity index (χ0) is 6.65. The molecule has 0 N–H and O–H groups in total. The van der Waals surface area contributed by atoms with Gasteiger partial charge in [-0.05, 0) is 29.6 Å². The molecule has 0 amide bonds. The Morgan fingerprint density at radius 3 is 2.33 bits per heavy atom. The van der Waals surface area contributed by atoms with Gasteiger partial charge in [0, 0.05) is 0 Å². The Kier molecular flexibility index (Phi) is 0.868. The second-order valence-electron chi connectivity index (χ2n) is 4.02. The van der Waals surface area contributed by atoms with E-state index in [-0.39, 0.29) is 0 Å². The van der Waals surface area contributed by atoms with Crippen molar-refractivity contribution >= 4 is 0 Å². The molecule has 4 atom stereocenters. The molecule has 2 rings (SSSR count). The molecule has 0 saturated heterocycles. The van der Waals surface area contributed by atoms with Crippen LogP contribution in [0.2, 0.25) is 0 Å². The molecular weight excluding hydrogens is 108 g/mol. The predicted octanol–water partition coefficient (Wildman–Crippen LogP) is 2.69. The zero-order valence-corrected chi connectivity index (χ0v) is 6.65. The SMILES string of the molecule is CCC(C)C12CC1C2C. The van der Waals surface area contributed by atoms with E-state index in [9.17, 15) is 0 Å². The van der Waals surface area contributed by atoms with Gasteiger partial charge in [0.05, 0.1) is 0 Å². The van der Waals surface area contributed by atoms with Gasteiger partial charge in [-0.1, -0.05) is 27.2 Å². The van der Waals surface area contributed by atoms with Gasteiger partial charge in [0.25, 0.3) is 0 Å². The molecule has 4 unspecified atom stereocenters. The van der Waals surface area contributed by atoms with Crippen molar-refractivity contribution in [2.24, 2.45) is 23.2 Å². The maximum Gasteiger partial charge on any atom is -0.0209 e. The van der Waals surface area contributed by atoms with Crippen LogP contribution in [0.5, 0.6) is 0 Å². The van der Waals surface area contributed by atoms with Crippen LogP contribution in [0.4, 0.5) is 0 Å². The van der Waals surface area contributed by atoms with Gasteiger partial charge in [0.2, 0.25) is 0 Å². The highest BCUT2D eigenvalue weighted by Gasteiger charge is 2.77. The van der Waals surface area contributed by atoms with Crippen molar-refractivity contribution in [2.75, 3.05) is 0 Å². The van der Waals surface area contributed by atoms with Crippen molar-refractivity contribution in [1.82, 2.24) is 0 Å². The number of hydrogen-bond donors (Lipinski definition) is 0. The standard InChI is InChI=1S/C9H16/c1-4-6(2)9-5-8(9)7(9)3/h6-8H,4-5H2,1-3H3. The Hall–Kier alpha value is 0. The lowest BCUT2D eigenvalue weighted by Crippen LogP contribution is -2.06. The molecule has 0 nitrogen and oxygen atoms in total. The summed E-state index contributed by atoms with van der Waals surface area (Å²) in [5.41, 5.74) is 0.884. The molecule has 0 aromatic heterocycles. The summed E-state index contributed by atoms with van der Waals surface area (Å²) in [7, 11) is 0. The van der Waals surface area contributed by atoms with E-state index in [4.69, 9.17) is 0 Å². The second-order valence-corrected chi connectivity index (χ2v) is 4.02. The molecule has 52 valence electrons. The first-order chi connectivity index (χ1) is 4.23. The van der Waals surface area contributed by atoms with Crippen LogP contribution in [0.1, 0.15) is 33.6 Å². The van der Waals surface area contributed by atoms with Crippen LogP contribution in [-0.2, 0) is 0 Å². The van der Waals surface area contributed by atoms with E-state index in [1.54, 1.807) is 6.42 Å². The minimum Gasteiger partial charge on any atom is -0.0651 e. The van der Waals surface area contributed by atoms with E-state index in [1.807, 2.05) is 0 Å². The Morgan fingerprint density at radius 2 is 2.22 bits per heavy atom. The fourth-order valence-corrected chi connectivity index (χ4v) is 2.67. The molecule has 2 aliphatic rings. The lowest BCUT2D eigenvalue weighted by atomic mass is 9.91. The van der Waals surface area contributed by atoms with Crippen molar-refractivity contribution in [1.29, 1.82) is 0 Å². The van der Waals surface area contributed by atoms with Crippen LogP contribution in [0.3, 0.4) is 0 Å². The Morgan fingerprint density at radius 1 is 1.67 bits per heavy atom. The maximum absolute atomic E-state index is 2.42. The largest absolute Gasteiger partial charge is 0.0651 e. The fraction of sp³-hybridized carbons (Fsp3) is 1.00. The third-order valence-electron chi connectivity index (χ3n) is 3.98. The fourth-order valence-electron chi connectivity index (χ4n) is 2.67. The highest BCUT2D eigenvalue weighted by Crippen LogP contribution is 2.83. The Labute approximate surface area is 57.6 Å². The Bertz CT molecular complexity index is 133. The van der Waals surface area contributed by atoms with Gasteiger partial charge in [-0.15, -0.1) is 0 Å². The van der Waals surface area contributed by atoms with Crippen LogP contribution in [-0.4, -0.2) is 0 Å². The predicted molar refractivity (Wildman–Crippen MR) is 39.2 cm³/mol. The zero-order valence-electron chi connectivity index (χ0n) is 6.65. The first-order valence-electron chi connectivity index (χ1n) is 4.23. The van der Waals surface area contributed by atoms with E-state index >= 15 is 0 Å². The monoisotopic (exact) mass is 124 g/mol. The maximum atomic E-state index is 2.42. The smallest absolute Gasteiger partial charge is 0.0209 e. The molecule has 2 saturated carbocycles. The lowest BCUT2D eigenvalue weighted by molar-refractivity contribution is 0.357. The second kappa shape index (κ2) is 1.36. The molecule has 0 spiro atoms. The summed E-state index contributed by atoms with van der Waals surface area (Å²) in [5.74, 6) is 3.26. The summed E-state index contributed by atoms with van der Waals surface area (Å²) in [6.45, 7) is 7.16. The van der Waals surface area contributed by atoms with E-state index < -0.39 is 0 Å². The van der Waals surface area contributed by atoms with Crippen LogP contribution >= 0.6 is 0 Å². The summed E-state index contributed by atoms with van der Waals surface area (Å²) >= 11 is 0. The highest BCUT2D eigenvalue weighted by atomic mass is 14.8. The molecule has 0 heteroatoms. The van der Waals surface area contributed by atoms with Crippen molar-refractivity contribution in [2.45, 2.75) is 33.6 Å². The molecule has 0 bridgehead atoms. The topological polar surface area (TPSA) is 0 Å². The minimum atomic E-state index is 0.884. The minimum absolute atomic E-state index is 0.884. The van der Waals surface area contributed by atoms with Gasteiger partial charge < -0.3 is 0 Å². The summed E-state index contributed by atoms with van der Waals surface area (Å²) in [6.07, 6.45) is 2.95. The van der Waals surface area contributed by atoms with Crippen LogP contribution in [0, 0.1) is 23.2 Å². The summed E-state index contributed by atoms with van der Waals surface area (Å²) in [6, 6.07) is 0. The molecule has 0 heterocycles. The average Bonchev–Trinajstić information content (AvgIpc) is 2.71. The third-order valence-corrected chi connectivity index (χ3v) is 3.98. The quantitative estimate of drug-likeness (QED) is 0.531. The van der Waals surface area contributed by atoms with Crippen LogP contribution < -0.4 is 0 Å². The van der Waals surface area contributed by atoms with Crippen molar-refractivity contribution in [3.8, 4) is 0 Å². The summed E-state index contributed by atoms with van der Waals surface area (Å²) in [4.78, 5) is 0. The van der Waals surface area contributed by atoms with Crippen molar-refractivity contribution in [3.63, 3.8) is 0 Å².